The lowest BCUT2D eigenvalue weighted by molar-refractivity contribution is -0.914. The van der Waals surface area contributed by atoms with Crippen LogP contribution in [0.1, 0.15) is 12.5 Å². The number of quaternary nitrogens is 1. The number of benzene rings is 2. The summed E-state index contributed by atoms with van der Waals surface area (Å²) < 4.78 is 65.4. The van der Waals surface area contributed by atoms with E-state index < -0.39 is 35.3 Å². The fourth-order valence-corrected chi connectivity index (χ4v) is 3.38. The lowest BCUT2D eigenvalue weighted by atomic mass is 10.1. The van der Waals surface area contributed by atoms with Gasteiger partial charge < -0.3 is 15.1 Å². The SMILES string of the molecule is C[C@H](C(=O)Nc1ccc(F)cc1F)[NH+]1CCN(c2cccc(C(F)(F)F)c2)CC1. The molecule has 0 aliphatic carbocycles. The number of hydrogen-bond acceptors (Lipinski definition) is 2. The number of amides is 1. The molecule has 1 fully saturated rings. The first-order valence-electron chi connectivity index (χ1n) is 9.18. The van der Waals surface area contributed by atoms with Crippen molar-refractivity contribution in [3.8, 4) is 0 Å². The first-order valence-corrected chi connectivity index (χ1v) is 9.18. The first kappa shape index (κ1) is 21.0. The molecule has 0 unspecified atom stereocenters. The average Bonchev–Trinajstić information content (AvgIpc) is 2.69. The number of hydrogen-bond donors (Lipinski definition) is 2. The van der Waals surface area contributed by atoms with E-state index in [1.165, 1.54) is 6.07 Å². The van der Waals surface area contributed by atoms with Gasteiger partial charge in [-0.2, -0.15) is 13.2 Å². The Morgan fingerprint density at radius 1 is 1.10 bits per heavy atom. The Morgan fingerprint density at radius 2 is 1.79 bits per heavy atom. The van der Waals surface area contributed by atoms with E-state index in [2.05, 4.69) is 5.32 Å². The molecule has 1 saturated heterocycles. The quantitative estimate of drug-likeness (QED) is 0.755. The van der Waals surface area contributed by atoms with E-state index in [4.69, 9.17) is 0 Å². The number of piperazine rings is 1. The van der Waals surface area contributed by atoms with Crippen molar-refractivity contribution >= 4 is 17.3 Å². The Hall–Kier alpha value is -2.68. The number of anilines is 2. The van der Waals surface area contributed by atoms with Crippen LogP contribution in [-0.4, -0.2) is 38.1 Å². The molecule has 2 aromatic carbocycles. The molecule has 3 rings (SSSR count). The van der Waals surface area contributed by atoms with Gasteiger partial charge >= 0.3 is 6.18 Å². The van der Waals surface area contributed by atoms with Gasteiger partial charge in [0.1, 0.15) is 11.6 Å². The van der Waals surface area contributed by atoms with Crippen LogP contribution in [0, 0.1) is 11.6 Å². The zero-order valence-electron chi connectivity index (χ0n) is 15.7. The second kappa shape index (κ2) is 8.36. The fraction of sp³-hybridized carbons (Fsp3) is 0.350. The van der Waals surface area contributed by atoms with E-state index in [1.807, 2.05) is 4.90 Å². The fourth-order valence-electron chi connectivity index (χ4n) is 3.38. The number of carbonyl (C=O) groups is 1. The van der Waals surface area contributed by atoms with Crippen molar-refractivity contribution in [3.05, 3.63) is 59.7 Å². The minimum absolute atomic E-state index is 0.0924. The Kier molecular flexibility index (Phi) is 6.07. The van der Waals surface area contributed by atoms with E-state index in [0.29, 0.717) is 37.9 Å². The van der Waals surface area contributed by atoms with Crippen LogP contribution in [0.3, 0.4) is 0 Å². The molecule has 9 heteroatoms. The number of halogens is 5. The van der Waals surface area contributed by atoms with Gasteiger partial charge in [0.05, 0.1) is 37.4 Å². The lowest BCUT2D eigenvalue weighted by Crippen LogP contribution is -3.19. The Morgan fingerprint density at radius 3 is 2.41 bits per heavy atom. The Bertz CT molecular complexity index is 879. The van der Waals surface area contributed by atoms with Crippen molar-refractivity contribution in [2.75, 3.05) is 36.4 Å². The summed E-state index contributed by atoms with van der Waals surface area (Å²) in [5, 5.41) is 2.46. The van der Waals surface area contributed by atoms with E-state index in [9.17, 15) is 26.7 Å². The van der Waals surface area contributed by atoms with Crippen molar-refractivity contribution in [1.82, 2.24) is 0 Å². The van der Waals surface area contributed by atoms with Gasteiger partial charge in [0.25, 0.3) is 5.91 Å². The molecule has 156 valence electrons. The van der Waals surface area contributed by atoms with Crippen molar-refractivity contribution in [1.29, 1.82) is 0 Å². The predicted octanol–water partition coefficient (Wildman–Crippen LogP) is 2.72. The number of rotatable bonds is 4. The van der Waals surface area contributed by atoms with Crippen LogP contribution in [0.2, 0.25) is 0 Å². The molecule has 29 heavy (non-hydrogen) atoms. The molecular formula is C20H21F5N3O+. The van der Waals surface area contributed by atoms with Crippen LogP contribution in [0.25, 0.3) is 0 Å². The van der Waals surface area contributed by atoms with Crippen LogP contribution < -0.4 is 15.1 Å². The summed E-state index contributed by atoms with van der Waals surface area (Å²) in [6.45, 7) is 3.75. The molecule has 1 aliphatic heterocycles. The highest BCUT2D eigenvalue weighted by Crippen LogP contribution is 2.31. The maximum Gasteiger partial charge on any atom is 0.416 e. The van der Waals surface area contributed by atoms with Gasteiger partial charge in [-0.15, -0.1) is 0 Å². The van der Waals surface area contributed by atoms with Crippen molar-refractivity contribution in [3.63, 3.8) is 0 Å². The molecule has 1 aliphatic rings. The van der Waals surface area contributed by atoms with Gasteiger partial charge in [0.2, 0.25) is 0 Å². The van der Waals surface area contributed by atoms with Gasteiger partial charge in [-0.25, -0.2) is 8.78 Å². The third kappa shape index (κ3) is 5.03. The van der Waals surface area contributed by atoms with E-state index in [-0.39, 0.29) is 5.69 Å². The summed E-state index contributed by atoms with van der Waals surface area (Å²) in [6.07, 6.45) is -4.40. The minimum atomic E-state index is -4.40. The molecule has 0 spiro atoms. The van der Waals surface area contributed by atoms with E-state index >= 15 is 0 Å². The monoisotopic (exact) mass is 414 g/mol. The summed E-state index contributed by atoms with van der Waals surface area (Å²) in [5.41, 5.74) is -0.298. The second-order valence-corrected chi connectivity index (χ2v) is 7.03. The molecule has 1 atom stereocenters. The second-order valence-electron chi connectivity index (χ2n) is 7.03. The largest absolute Gasteiger partial charge is 0.416 e. The van der Waals surface area contributed by atoms with Gasteiger partial charge in [-0.3, -0.25) is 4.79 Å². The smallest absolute Gasteiger partial charge is 0.360 e. The van der Waals surface area contributed by atoms with E-state index in [0.717, 1.165) is 29.2 Å². The highest BCUT2D eigenvalue weighted by Gasteiger charge is 2.32. The lowest BCUT2D eigenvalue weighted by Gasteiger charge is -2.36. The van der Waals surface area contributed by atoms with E-state index in [1.54, 1.807) is 13.0 Å². The normalized spacial score (nSPS) is 16.6. The third-order valence-corrected chi connectivity index (χ3v) is 5.14. The predicted molar refractivity (Wildman–Crippen MR) is 98.8 cm³/mol. The number of nitrogens with one attached hydrogen (secondary N) is 2. The summed E-state index contributed by atoms with van der Waals surface area (Å²) in [6, 6.07) is 7.59. The molecule has 0 aromatic heterocycles. The summed E-state index contributed by atoms with van der Waals surface area (Å²) in [4.78, 5) is 15.2. The van der Waals surface area contributed by atoms with Gasteiger partial charge in [0.15, 0.2) is 6.04 Å². The van der Waals surface area contributed by atoms with Crippen LogP contribution in [0.15, 0.2) is 42.5 Å². The first-order chi connectivity index (χ1) is 13.6. The highest BCUT2D eigenvalue weighted by atomic mass is 19.4. The molecule has 0 bridgehead atoms. The summed E-state index contributed by atoms with van der Waals surface area (Å²) >= 11 is 0. The van der Waals surface area contributed by atoms with Gasteiger partial charge in [0, 0.05) is 11.8 Å². The molecular weight excluding hydrogens is 393 g/mol. The van der Waals surface area contributed by atoms with Gasteiger partial charge in [-0.05, 0) is 37.3 Å². The topological polar surface area (TPSA) is 36.8 Å². The molecule has 2 N–H and O–H groups in total. The number of carbonyl (C=O) groups excluding carboxylic acids is 1. The minimum Gasteiger partial charge on any atom is -0.360 e. The average molecular weight is 414 g/mol. The summed E-state index contributed by atoms with van der Waals surface area (Å²) in [7, 11) is 0. The molecule has 1 heterocycles. The van der Waals surface area contributed by atoms with Crippen LogP contribution in [0.4, 0.5) is 33.3 Å². The van der Waals surface area contributed by atoms with Crippen molar-refractivity contribution in [2.45, 2.75) is 19.1 Å². The third-order valence-electron chi connectivity index (χ3n) is 5.14. The zero-order chi connectivity index (χ0) is 21.2. The maximum atomic E-state index is 13.7. The molecule has 4 nitrogen and oxygen atoms in total. The van der Waals surface area contributed by atoms with Crippen LogP contribution in [-0.2, 0) is 11.0 Å². The molecule has 0 radical (unpaired) electrons. The molecule has 0 saturated carbocycles. The van der Waals surface area contributed by atoms with Crippen LogP contribution in [0.5, 0.6) is 0 Å². The Labute approximate surface area is 164 Å². The molecule has 1 amide bonds. The number of alkyl halides is 3. The van der Waals surface area contributed by atoms with Crippen LogP contribution >= 0.6 is 0 Å². The molecule has 2 aromatic rings. The van der Waals surface area contributed by atoms with Crippen molar-refractivity contribution in [2.24, 2.45) is 0 Å². The Balaban J connectivity index is 1.59. The zero-order valence-corrected chi connectivity index (χ0v) is 15.7. The number of nitrogens with zero attached hydrogens (tertiary/aromatic N) is 1. The standard InChI is InChI=1S/C20H20F5N3O/c1-13(19(29)26-18-6-5-15(21)12-17(18)22)27-7-9-28(10-8-27)16-4-2-3-14(11-16)20(23,24)25/h2-6,11-13H,7-10H2,1H3,(H,26,29)/p+1/t13-/m1/s1. The van der Waals surface area contributed by atoms with Crippen molar-refractivity contribution < 1.29 is 31.6 Å². The van der Waals surface area contributed by atoms with Gasteiger partial charge in [-0.1, -0.05) is 6.07 Å². The maximum absolute atomic E-state index is 13.7. The summed E-state index contributed by atoms with van der Waals surface area (Å²) in [5.74, 6) is -1.99. The highest BCUT2D eigenvalue weighted by molar-refractivity contribution is 5.93.